The molecule has 6 nitrogen and oxygen atoms in total. The van der Waals surface area contributed by atoms with E-state index in [1.165, 1.54) is 59.0 Å². The van der Waals surface area contributed by atoms with Crippen LogP contribution in [-0.4, -0.2) is 22.6 Å². The number of benzene rings is 1. The monoisotopic (exact) mass is 486 g/mol. The molecule has 0 spiro atoms. The molecule has 0 aliphatic heterocycles. The summed E-state index contributed by atoms with van der Waals surface area (Å²) >= 11 is 4.55. The summed E-state index contributed by atoms with van der Waals surface area (Å²) in [6.45, 7) is 0.645. The fourth-order valence-corrected chi connectivity index (χ4v) is 6.42. The van der Waals surface area contributed by atoms with Crippen molar-refractivity contribution in [2.75, 3.05) is 16.4 Å². The number of carbonyl (C=O) groups is 2. The van der Waals surface area contributed by atoms with Gasteiger partial charge in [0.25, 0.3) is 5.91 Å². The van der Waals surface area contributed by atoms with Gasteiger partial charge in [0, 0.05) is 45.5 Å². The number of hydrogen-bond donors (Lipinski definition) is 2. The second-order valence-electron chi connectivity index (χ2n) is 7.72. The molecule has 0 saturated heterocycles. The van der Waals surface area contributed by atoms with Crippen LogP contribution in [0, 0.1) is 5.92 Å². The van der Waals surface area contributed by atoms with Crippen molar-refractivity contribution in [2.24, 2.45) is 5.92 Å². The lowest BCUT2D eigenvalue weighted by Gasteiger charge is -2.13. The van der Waals surface area contributed by atoms with Crippen LogP contribution in [-0.2, 0) is 17.8 Å². The number of carboxylic acid groups (broad SMARTS) is 1. The Morgan fingerprint density at radius 1 is 1.16 bits per heavy atom. The Hall–Kier alpha value is -2.36. The normalized spacial score (nSPS) is 13.9. The van der Waals surface area contributed by atoms with E-state index in [9.17, 15) is 14.7 Å². The number of thiazole rings is 1. The molecule has 168 valence electrons. The first kappa shape index (κ1) is 22.8. The first-order valence-electron chi connectivity index (χ1n) is 10.6. The Bertz CT molecular complexity index is 1070. The van der Waals surface area contributed by atoms with Crippen LogP contribution in [0.1, 0.15) is 45.9 Å². The van der Waals surface area contributed by atoms with Crippen molar-refractivity contribution in [3.63, 3.8) is 0 Å². The van der Waals surface area contributed by atoms with Crippen LogP contribution in [0.3, 0.4) is 0 Å². The number of anilines is 2. The predicted molar refractivity (Wildman–Crippen MR) is 130 cm³/mol. The summed E-state index contributed by atoms with van der Waals surface area (Å²) in [4.78, 5) is 30.2. The summed E-state index contributed by atoms with van der Waals surface area (Å²) < 4.78 is 0. The van der Waals surface area contributed by atoms with Crippen LogP contribution >= 0.6 is 34.4 Å². The molecular weight excluding hydrogens is 462 g/mol. The van der Waals surface area contributed by atoms with Gasteiger partial charge in [-0.25, -0.2) is 4.98 Å². The second-order valence-corrected chi connectivity index (χ2v) is 10.8. The zero-order chi connectivity index (χ0) is 22.3. The Balaban J connectivity index is 1.31. The molecule has 1 aliphatic rings. The van der Waals surface area contributed by atoms with Crippen LogP contribution in [0.2, 0.25) is 0 Å². The van der Waals surface area contributed by atoms with E-state index in [0.29, 0.717) is 22.2 Å². The first-order valence-corrected chi connectivity index (χ1v) is 13.2. The van der Waals surface area contributed by atoms with Crippen LogP contribution in [0.25, 0.3) is 0 Å². The minimum atomic E-state index is -1.19. The summed E-state index contributed by atoms with van der Waals surface area (Å²) in [7, 11) is 0. The van der Waals surface area contributed by atoms with E-state index in [0.717, 1.165) is 16.5 Å². The molecule has 1 amide bonds. The third-order valence-corrected chi connectivity index (χ3v) is 8.47. The summed E-state index contributed by atoms with van der Waals surface area (Å²) in [5, 5.41) is 18.9. The van der Waals surface area contributed by atoms with Crippen LogP contribution in [0.4, 0.5) is 10.8 Å². The molecule has 0 radical (unpaired) electrons. The van der Waals surface area contributed by atoms with Gasteiger partial charge >= 0.3 is 0 Å². The van der Waals surface area contributed by atoms with Crippen molar-refractivity contribution in [2.45, 2.75) is 43.5 Å². The van der Waals surface area contributed by atoms with Crippen molar-refractivity contribution >= 4 is 57.1 Å². The molecule has 0 bridgehead atoms. The molecule has 2 N–H and O–H groups in total. The molecule has 0 unspecified atom stereocenters. The Morgan fingerprint density at radius 2 is 1.97 bits per heavy atom. The number of amides is 1. The van der Waals surface area contributed by atoms with Crippen molar-refractivity contribution < 1.29 is 14.7 Å². The highest BCUT2D eigenvalue weighted by Gasteiger charge is 2.16. The number of rotatable bonds is 10. The van der Waals surface area contributed by atoms with Gasteiger partial charge in [-0.3, -0.25) is 10.1 Å². The van der Waals surface area contributed by atoms with Gasteiger partial charge in [-0.15, -0.1) is 34.4 Å². The summed E-state index contributed by atoms with van der Waals surface area (Å²) in [6, 6.07) is 12.1. The van der Waals surface area contributed by atoms with Crippen LogP contribution in [0.15, 0.2) is 46.7 Å². The van der Waals surface area contributed by atoms with E-state index >= 15 is 0 Å². The number of nitrogens with one attached hydrogen (secondary N) is 2. The molecule has 0 atom stereocenters. The van der Waals surface area contributed by atoms with Gasteiger partial charge < -0.3 is 15.2 Å². The zero-order valence-corrected chi connectivity index (χ0v) is 19.9. The van der Waals surface area contributed by atoms with Gasteiger partial charge in [0.05, 0.1) is 10.6 Å². The van der Waals surface area contributed by atoms with Gasteiger partial charge in [-0.1, -0.05) is 25.0 Å². The summed E-state index contributed by atoms with van der Waals surface area (Å²) in [6.07, 6.45) is 5.16. The minimum absolute atomic E-state index is 0.247. The molecule has 2 heterocycles. The van der Waals surface area contributed by atoms with Crippen molar-refractivity contribution in [1.82, 2.24) is 4.98 Å². The number of thiophene rings is 1. The van der Waals surface area contributed by atoms with Crippen molar-refractivity contribution in [1.29, 1.82) is 0 Å². The Kier molecular flexibility index (Phi) is 7.83. The first-order chi connectivity index (χ1) is 15.6. The number of aliphatic carboxylic acids is 1. The van der Waals surface area contributed by atoms with Crippen molar-refractivity contribution in [3.8, 4) is 0 Å². The zero-order valence-electron chi connectivity index (χ0n) is 17.5. The molecule has 4 rings (SSSR count). The Morgan fingerprint density at radius 3 is 2.78 bits per heavy atom. The molecule has 1 aliphatic carbocycles. The number of carboxylic acids is 1. The highest BCUT2D eigenvalue weighted by Crippen LogP contribution is 2.34. The number of thioether (sulfide) groups is 1. The second kappa shape index (κ2) is 11.0. The van der Waals surface area contributed by atoms with Crippen LogP contribution < -0.4 is 15.7 Å². The van der Waals surface area contributed by atoms with E-state index < -0.39 is 5.97 Å². The maximum atomic E-state index is 12.5. The highest BCUT2D eigenvalue weighted by atomic mass is 32.2. The van der Waals surface area contributed by atoms with E-state index in [1.54, 1.807) is 11.4 Å². The lowest BCUT2D eigenvalue weighted by Crippen LogP contribution is -2.24. The topological polar surface area (TPSA) is 94.1 Å². The number of carbonyl (C=O) groups excluding carboxylic acids is 2. The molecular formula is C23H24N3O3S3-. The van der Waals surface area contributed by atoms with Gasteiger partial charge in [-0.2, -0.15) is 0 Å². The minimum Gasteiger partial charge on any atom is -0.550 e. The fourth-order valence-electron chi connectivity index (χ4n) is 3.65. The molecule has 2 aromatic heterocycles. The van der Waals surface area contributed by atoms with Crippen LogP contribution in [0.5, 0.6) is 0 Å². The smallest absolute Gasteiger partial charge is 0.267 e. The maximum absolute atomic E-state index is 12.5. The third-order valence-electron chi connectivity index (χ3n) is 5.27. The Labute approximate surface area is 199 Å². The molecule has 1 fully saturated rings. The number of nitrogens with zero attached hydrogens (tertiary/aromatic N) is 1. The fraction of sp³-hybridized carbons (Fsp3) is 0.348. The molecule has 32 heavy (non-hydrogen) atoms. The standard InChI is InChI=1S/C23H25N3O3S3/c27-21(28)11-16-14-31-23(25-16)26-22(29)20-10-9-17(32-20)12-24-18-7-3-4-8-19(18)30-13-15-5-1-2-6-15/h3-4,7-10,14-15,24H,1-2,5-6,11-13H2,(H,27,28)(H,25,26,29)/p-1. The number of para-hydroxylation sites is 1. The quantitative estimate of drug-likeness (QED) is 0.405. The van der Waals surface area contributed by atoms with E-state index in [4.69, 9.17) is 0 Å². The maximum Gasteiger partial charge on any atom is 0.267 e. The van der Waals surface area contributed by atoms with Crippen molar-refractivity contribution in [3.05, 3.63) is 57.2 Å². The lowest BCUT2D eigenvalue weighted by molar-refractivity contribution is -0.304. The van der Waals surface area contributed by atoms with Gasteiger partial charge in [0.2, 0.25) is 0 Å². The number of aromatic nitrogens is 1. The predicted octanol–water partition coefficient (Wildman–Crippen LogP) is 4.64. The van der Waals surface area contributed by atoms with Gasteiger partial charge in [0.1, 0.15) is 0 Å². The van der Waals surface area contributed by atoms with E-state index in [-0.39, 0.29) is 12.3 Å². The highest BCUT2D eigenvalue weighted by molar-refractivity contribution is 7.99. The number of hydrogen-bond acceptors (Lipinski definition) is 8. The molecule has 3 aromatic rings. The summed E-state index contributed by atoms with van der Waals surface area (Å²) in [5.41, 5.74) is 1.50. The van der Waals surface area contributed by atoms with E-state index in [2.05, 4.69) is 33.8 Å². The van der Waals surface area contributed by atoms with Gasteiger partial charge in [-0.05, 0) is 43.0 Å². The summed E-state index contributed by atoms with van der Waals surface area (Å²) in [5.74, 6) is 0.565. The third kappa shape index (κ3) is 6.34. The lowest BCUT2D eigenvalue weighted by atomic mass is 10.1. The molecule has 1 aromatic carbocycles. The average molecular weight is 487 g/mol. The molecule has 9 heteroatoms. The SMILES string of the molecule is O=C([O-])Cc1csc(NC(=O)c2ccc(CNc3ccccc3SCC3CCCC3)s2)n1. The largest absolute Gasteiger partial charge is 0.550 e. The van der Waals surface area contributed by atoms with Gasteiger partial charge in [0.15, 0.2) is 5.13 Å². The van der Waals surface area contributed by atoms with E-state index in [1.807, 2.05) is 23.9 Å². The average Bonchev–Trinajstić information content (AvgIpc) is 3.53. The molecule has 1 saturated carbocycles.